The minimum Gasteiger partial charge on any atom is -0.354 e. The third-order valence-electron chi connectivity index (χ3n) is 5.68. The van der Waals surface area contributed by atoms with E-state index in [4.69, 9.17) is 11.6 Å². The third-order valence-corrected chi connectivity index (χ3v) is 7.19. The smallest absolute Gasteiger partial charge is 0.244 e. The molecule has 0 aliphatic carbocycles. The summed E-state index contributed by atoms with van der Waals surface area (Å²) in [6.07, 6.45) is 1.06. The highest BCUT2D eigenvalue weighted by Gasteiger charge is 2.30. The highest BCUT2D eigenvalue weighted by atomic mass is 35.5. The van der Waals surface area contributed by atoms with Crippen molar-refractivity contribution in [2.75, 3.05) is 23.7 Å². The maximum absolute atomic E-state index is 13.5. The van der Waals surface area contributed by atoms with Crippen LogP contribution in [0.5, 0.6) is 0 Å². The number of amides is 2. The molecule has 0 saturated heterocycles. The number of hydrogen-bond donors (Lipinski definition) is 1. The Kier molecular flexibility index (Phi) is 10.2. The van der Waals surface area contributed by atoms with Gasteiger partial charge in [-0.05, 0) is 48.1 Å². The second kappa shape index (κ2) is 12.4. The fraction of sp³-hybridized carbons (Fsp3) is 0.462. The second-order valence-corrected chi connectivity index (χ2v) is 11.8. The fourth-order valence-electron chi connectivity index (χ4n) is 3.48. The number of hydrogen-bond acceptors (Lipinski definition) is 4. The standard InChI is InChI=1S/C26H36ClN3O4S/c1-18(2)15-28-26(32)20(5)29(16-22-9-7-8-10-24(22)27)25(31)17-30(35(6,33)34)23-13-11-21(12-14-23)19(3)4/h7-14,18-20H,15-17H2,1-6H3,(H,28,32). The molecule has 0 radical (unpaired) electrons. The van der Waals surface area contributed by atoms with Crippen molar-refractivity contribution in [3.8, 4) is 0 Å². The van der Waals surface area contributed by atoms with E-state index in [0.717, 1.165) is 16.1 Å². The average Bonchev–Trinajstić information content (AvgIpc) is 2.79. The molecule has 0 aromatic heterocycles. The molecule has 0 aliphatic heterocycles. The Labute approximate surface area is 214 Å². The van der Waals surface area contributed by atoms with E-state index in [0.29, 0.717) is 22.8 Å². The van der Waals surface area contributed by atoms with Crippen molar-refractivity contribution in [3.05, 3.63) is 64.7 Å². The molecule has 1 unspecified atom stereocenters. The molecule has 0 heterocycles. The summed E-state index contributed by atoms with van der Waals surface area (Å²) < 4.78 is 26.4. The summed E-state index contributed by atoms with van der Waals surface area (Å²) in [5, 5.41) is 3.31. The molecule has 0 fully saturated rings. The Morgan fingerprint density at radius 3 is 2.09 bits per heavy atom. The molecular formula is C26H36ClN3O4S. The van der Waals surface area contributed by atoms with Gasteiger partial charge >= 0.3 is 0 Å². The molecule has 2 aromatic carbocycles. The van der Waals surface area contributed by atoms with Crippen molar-refractivity contribution >= 4 is 39.1 Å². The van der Waals surface area contributed by atoms with E-state index in [1.54, 1.807) is 43.3 Å². The van der Waals surface area contributed by atoms with Gasteiger partial charge in [0.1, 0.15) is 12.6 Å². The Bertz CT molecular complexity index is 1120. The molecule has 9 heteroatoms. The Hall–Kier alpha value is -2.58. The van der Waals surface area contributed by atoms with Crippen LogP contribution in [-0.2, 0) is 26.2 Å². The Morgan fingerprint density at radius 2 is 1.57 bits per heavy atom. The molecule has 35 heavy (non-hydrogen) atoms. The fourth-order valence-corrected chi connectivity index (χ4v) is 4.53. The quantitative estimate of drug-likeness (QED) is 0.474. The van der Waals surface area contributed by atoms with Crippen LogP contribution in [0.3, 0.4) is 0 Å². The molecule has 192 valence electrons. The SMILES string of the molecule is CC(C)CNC(=O)C(C)N(Cc1ccccc1Cl)C(=O)CN(c1ccc(C(C)C)cc1)S(C)(=O)=O. The topological polar surface area (TPSA) is 86.8 Å². The summed E-state index contributed by atoms with van der Waals surface area (Å²) in [6, 6.07) is 13.3. The number of nitrogens with one attached hydrogen (secondary N) is 1. The van der Waals surface area contributed by atoms with Crippen LogP contribution < -0.4 is 9.62 Å². The lowest BCUT2D eigenvalue weighted by molar-refractivity contribution is -0.139. The summed E-state index contributed by atoms with van der Waals surface area (Å²) in [5.41, 5.74) is 2.11. The average molecular weight is 522 g/mol. The minimum absolute atomic E-state index is 0.0681. The summed E-state index contributed by atoms with van der Waals surface area (Å²) in [7, 11) is -3.77. The highest BCUT2D eigenvalue weighted by molar-refractivity contribution is 7.92. The van der Waals surface area contributed by atoms with Gasteiger partial charge in [-0.1, -0.05) is 69.6 Å². The second-order valence-electron chi connectivity index (χ2n) is 9.44. The lowest BCUT2D eigenvalue weighted by Crippen LogP contribution is -2.51. The van der Waals surface area contributed by atoms with Crippen LogP contribution in [0, 0.1) is 5.92 Å². The van der Waals surface area contributed by atoms with Crippen LogP contribution in [0.25, 0.3) is 0 Å². The van der Waals surface area contributed by atoms with Crippen LogP contribution in [0.1, 0.15) is 51.7 Å². The lowest BCUT2D eigenvalue weighted by atomic mass is 10.0. The van der Waals surface area contributed by atoms with Crippen LogP contribution in [0.2, 0.25) is 5.02 Å². The van der Waals surface area contributed by atoms with E-state index >= 15 is 0 Å². The molecule has 7 nitrogen and oxygen atoms in total. The van der Waals surface area contributed by atoms with Crippen molar-refractivity contribution < 1.29 is 18.0 Å². The van der Waals surface area contributed by atoms with Gasteiger partial charge in [-0.25, -0.2) is 8.42 Å². The van der Waals surface area contributed by atoms with Crippen LogP contribution in [-0.4, -0.2) is 50.5 Å². The van der Waals surface area contributed by atoms with Crippen molar-refractivity contribution in [1.82, 2.24) is 10.2 Å². The van der Waals surface area contributed by atoms with E-state index in [9.17, 15) is 18.0 Å². The summed E-state index contributed by atoms with van der Waals surface area (Å²) >= 11 is 6.33. The first-order valence-corrected chi connectivity index (χ1v) is 13.9. The van der Waals surface area contributed by atoms with E-state index in [1.165, 1.54) is 4.90 Å². The summed E-state index contributed by atoms with van der Waals surface area (Å²) in [6.45, 7) is 9.78. The minimum atomic E-state index is -3.77. The molecule has 0 aliphatic rings. The number of carbonyl (C=O) groups excluding carboxylic acids is 2. The van der Waals surface area contributed by atoms with E-state index in [2.05, 4.69) is 5.32 Å². The summed E-state index contributed by atoms with van der Waals surface area (Å²) in [4.78, 5) is 27.8. The monoisotopic (exact) mass is 521 g/mol. The number of benzene rings is 2. The van der Waals surface area contributed by atoms with Crippen LogP contribution in [0.4, 0.5) is 5.69 Å². The number of sulfonamides is 1. The first-order valence-electron chi connectivity index (χ1n) is 11.7. The zero-order valence-electron chi connectivity index (χ0n) is 21.3. The summed E-state index contributed by atoms with van der Waals surface area (Å²) in [5.74, 6) is -0.288. The molecule has 1 N–H and O–H groups in total. The molecule has 2 aromatic rings. The number of halogens is 1. The van der Waals surface area contributed by atoms with Gasteiger partial charge in [0.15, 0.2) is 0 Å². The van der Waals surface area contributed by atoms with E-state index in [1.807, 2.05) is 39.8 Å². The molecule has 2 rings (SSSR count). The van der Waals surface area contributed by atoms with Gasteiger partial charge < -0.3 is 10.2 Å². The molecule has 0 spiro atoms. The molecule has 2 amide bonds. The third kappa shape index (κ3) is 8.25. The van der Waals surface area contributed by atoms with Gasteiger partial charge in [0, 0.05) is 18.1 Å². The zero-order valence-corrected chi connectivity index (χ0v) is 22.9. The zero-order chi connectivity index (χ0) is 26.3. The largest absolute Gasteiger partial charge is 0.354 e. The van der Waals surface area contributed by atoms with Crippen molar-refractivity contribution in [1.29, 1.82) is 0 Å². The predicted molar refractivity (Wildman–Crippen MR) is 142 cm³/mol. The number of carbonyl (C=O) groups is 2. The van der Waals surface area contributed by atoms with Gasteiger partial charge in [0.2, 0.25) is 21.8 Å². The maximum Gasteiger partial charge on any atom is 0.244 e. The first-order chi connectivity index (χ1) is 16.3. The molecule has 0 saturated carbocycles. The van der Waals surface area contributed by atoms with Gasteiger partial charge in [0.25, 0.3) is 0 Å². The normalized spacial score (nSPS) is 12.5. The Morgan fingerprint density at radius 1 is 0.971 bits per heavy atom. The van der Waals surface area contributed by atoms with E-state index in [-0.39, 0.29) is 24.3 Å². The van der Waals surface area contributed by atoms with Gasteiger partial charge in [0.05, 0.1) is 11.9 Å². The van der Waals surface area contributed by atoms with E-state index < -0.39 is 28.5 Å². The number of rotatable bonds is 11. The van der Waals surface area contributed by atoms with Gasteiger partial charge in [-0.2, -0.15) is 0 Å². The van der Waals surface area contributed by atoms with Gasteiger partial charge in [-0.15, -0.1) is 0 Å². The predicted octanol–water partition coefficient (Wildman–Crippen LogP) is 4.42. The van der Waals surface area contributed by atoms with Crippen molar-refractivity contribution in [2.24, 2.45) is 5.92 Å². The Balaban J connectivity index is 2.38. The van der Waals surface area contributed by atoms with Crippen LogP contribution >= 0.6 is 11.6 Å². The van der Waals surface area contributed by atoms with Gasteiger partial charge in [-0.3, -0.25) is 13.9 Å². The van der Waals surface area contributed by atoms with Crippen molar-refractivity contribution in [3.63, 3.8) is 0 Å². The first kappa shape index (κ1) is 28.7. The maximum atomic E-state index is 13.5. The lowest BCUT2D eigenvalue weighted by Gasteiger charge is -2.32. The molecule has 1 atom stereocenters. The van der Waals surface area contributed by atoms with Crippen LogP contribution in [0.15, 0.2) is 48.5 Å². The molecular weight excluding hydrogens is 486 g/mol. The molecule has 0 bridgehead atoms. The van der Waals surface area contributed by atoms with Crippen molar-refractivity contribution in [2.45, 2.75) is 53.1 Å². The number of anilines is 1. The number of nitrogens with zero attached hydrogens (tertiary/aromatic N) is 2. The highest BCUT2D eigenvalue weighted by Crippen LogP contribution is 2.23.